The van der Waals surface area contributed by atoms with E-state index in [1.165, 1.54) is 0 Å². The van der Waals surface area contributed by atoms with E-state index in [0.29, 0.717) is 12.6 Å². The fraction of sp³-hybridized carbons (Fsp3) is 0.625. The Morgan fingerprint density at radius 1 is 1.33 bits per heavy atom. The molecule has 1 aromatic rings. The Morgan fingerprint density at radius 2 is 2.10 bits per heavy atom. The van der Waals surface area contributed by atoms with Crippen LogP contribution in [0.5, 0.6) is 11.5 Å². The molecule has 118 valence electrons. The number of hydrogen-bond acceptors (Lipinski definition) is 5. The first-order chi connectivity index (χ1) is 10.1. The molecule has 2 atom stereocenters. The fourth-order valence-corrected chi connectivity index (χ4v) is 2.97. The molecule has 21 heavy (non-hydrogen) atoms. The monoisotopic (exact) mass is 294 g/mol. The molecule has 2 N–H and O–H groups in total. The molecule has 0 amide bonds. The quantitative estimate of drug-likeness (QED) is 0.897. The minimum atomic E-state index is -0.0246. The van der Waals surface area contributed by atoms with Crippen molar-refractivity contribution in [1.82, 2.24) is 4.90 Å². The van der Waals surface area contributed by atoms with Crippen LogP contribution in [0.15, 0.2) is 18.2 Å². The lowest BCUT2D eigenvalue weighted by Gasteiger charge is -2.43. The lowest BCUT2D eigenvalue weighted by molar-refractivity contribution is -0.0794. The first kappa shape index (κ1) is 16.1. The number of morpholine rings is 1. The summed E-state index contributed by atoms with van der Waals surface area (Å²) < 4.78 is 16.7. The molecule has 1 saturated heterocycles. The second-order valence-corrected chi connectivity index (χ2v) is 5.53. The minimum absolute atomic E-state index is 0.0246. The summed E-state index contributed by atoms with van der Waals surface area (Å²) in [6.07, 6.45) is -0.0246. The van der Waals surface area contributed by atoms with E-state index in [-0.39, 0.29) is 12.1 Å². The van der Waals surface area contributed by atoms with Gasteiger partial charge in [0.05, 0.1) is 33.0 Å². The van der Waals surface area contributed by atoms with Crippen molar-refractivity contribution < 1.29 is 14.2 Å². The Kier molecular flexibility index (Phi) is 5.45. The van der Waals surface area contributed by atoms with E-state index in [4.69, 9.17) is 19.9 Å². The van der Waals surface area contributed by atoms with E-state index >= 15 is 0 Å². The molecule has 0 bridgehead atoms. The first-order valence-corrected chi connectivity index (χ1v) is 7.41. The maximum Gasteiger partial charge on any atom is 0.127 e. The van der Waals surface area contributed by atoms with Crippen LogP contribution in [0.4, 0.5) is 0 Å². The molecule has 2 rings (SSSR count). The van der Waals surface area contributed by atoms with Gasteiger partial charge in [0.2, 0.25) is 0 Å². The molecule has 0 spiro atoms. The number of nitrogens with zero attached hydrogens (tertiary/aromatic N) is 1. The zero-order valence-electron chi connectivity index (χ0n) is 13.3. The normalized spacial score (nSPS) is 23.3. The second-order valence-electron chi connectivity index (χ2n) is 5.53. The van der Waals surface area contributed by atoms with E-state index < -0.39 is 0 Å². The van der Waals surface area contributed by atoms with Gasteiger partial charge in [0.25, 0.3) is 0 Å². The van der Waals surface area contributed by atoms with Gasteiger partial charge in [-0.3, -0.25) is 4.90 Å². The molecule has 0 saturated carbocycles. The van der Waals surface area contributed by atoms with Gasteiger partial charge < -0.3 is 19.9 Å². The number of methoxy groups -OCH3 is 2. The fourth-order valence-electron chi connectivity index (χ4n) is 2.97. The maximum atomic E-state index is 5.92. The van der Waals surface area contributed by atoms with Crippen LogP contribution in [0.3, 0.4) is 0 Å². The third-order valence-electron chi connectivity index (χ3n) is 4.05. The van der Waals surface area contributed by atoms with Crippen molar-refractivity contribution >= 4 is 0 Å². The number of nitrogens with two attached hydrogens (primary N) is 1. The molecule has 1 aromatic carbocycles. The molecule has 1 fully saturated rings. The number of ether oxygens (including phenoxy) is 3. The van der Waals surface area contributed by atoms with Gasteiger partial charge in [-0.05, 0) is 26.0 Å². The van der Waals surface area contributed by atoms with Gasteiger partial charge in [-0.1, -0.05) is 0 Å². The highest BCUT2D eigenvalue weighted by atomic mass is 16.5. The molecule has 5 nitrogen and oxygen atoms in total. The molecule has 0 aliphatic carbocycles. The average Bonchev–Trinajstić information content (AvgIpc) is 2.53. The van der Waals surface area contributed by atoms with Crippen LogP contribution >= 0.6 is 0 Å². The summed E-state index contributed by atoms with van der Waals surface area (Å²) in [4.78, 5) is 2.42. The maximum absolute atomic E-state index is 5.92. The molecule has 1 heterocycles. The van der Waals surface area contributed by atoms with Gasteiger partial charge in [-0.15, -0.1) is 0 Å². The number of rotatable bonds is 5. The number of benzene rings is 1. The van der Waals surface area contributed by atoms with E-state index in [2.05, 4.69) is 24.8 Å². The third kappa shape index (κ3) is 3.31. The zero-order chi connectivity index (χ0) is 15.4. The summed E-state index contributed by atoms with van der Waals surface area (Å²) in [5.74, 6) is 1.60. The summed E-state index contributed by atoms with van der Waals surface area (Å²) in [5, 5.41) is 0. The smallest absolute Gasteiger partial charge is 0.127 e. The first-order valence-electron chi connectivity index (χ1n) is 7.41. The van der Waals surface area contributed by atoms with E-state index in [0.717, 1.165) is 30.2 Å². The zero-order valence-corrected chi connectivity index (χ0v) is 13.3. The van der Waals surface area contributed by atoms with Crippen molar-refractivity contribution in [2.45, 2.75) is 32.0 Å². The van der Waals surface area contributed by atoms with Gasteiger partial charge in [0, 0.05) is 30.8 Å². The molecular formula is C16H26N2O3. The van der Waals surface area contributed by atoms with Crippen LogP contribution in [0, 0.1) is 0 Å². The van der Waals surface area contributed by atoms with Gasteiger partial charge >= 0.3 is 0 Å². The van der Waals surface area contributed by atoms with Crippen LogP contribution < -0.4 is 15.2 Å². The van der Waals surface area contributed by atoms with Gasteiger partial charge in [0.1, 0.15) is 11.5 Å². The van der Waals surface area contributed by atoms with Crippen LogP contribution in [0.2, 0.25) is 0 Å². The van der Waals surface area contributed by atoms with Crippen LogP contribution in [-0.4, -0.2) is 51.0 Å². The van der Waals surface area contributed by atoms with E-state index in [1.54, 1.807) is 14.2 Å². The third-order valence-corrected chi connectivity index (χ3v) is 4.05. The number of hydrogen-bond donors (Lipinski definition) is 1. The van der Waals surface area contributed by atoms with Crippen molar-refractivity contribution in [3.63, 3.8) is 0 Å². The molecule has 0 radical (unpaired) electrons. The topological polar surface area (TPSA) is 57.0 Å². The lowest BCUT2D eigenvalue weighted by Crippen LogP contribution is -2.50. The second kappa shape index (κ2) is 7.11. The predicted molar refractivity (Wildman–Crippen MR) is 82.9 cm³/mol. The lowest BCUT2D eigenvalue weighted by atomic mass is 9.95. The van der Waals surface area contributed by atoms with Gasteiger partial charge in [-0.2, -0.15) is 0 Å². The van der Waals surface area contributed by atoms with Crippen LogP contribution in [0.1, 0.15) is 25.5 Å². The Morgan fingerprint density at radius 3 is 2.67 bits per heavy atom. The molecule has 0 aromatic heterocycles. The van der Waals surface area contributed by atoms with Crippen molar-refractivity contribution in [2.24, 2.45) is 5.73 Å². The Balaban J connectivity index is 2.43. The van der Waals surface area contributed by atoms with Crippen molar-refractivity contribution in [2.75, 3.05) is 33.9 Å². The van der Waals surface area contributed by atoms with Crippen molar-refractivity contribution in [3.8, 4) is 11.5 Å². The summed E-state index contributed by atoms with van der Waals surface area (Å²) >= 11 is 0. The van der Waals surface area contributed by atoms with E-state index in [1.807, 2.05) is 12.1 Å². The molecule has 1 aliphatic heterocycles. The van der Waals surface area contributed by atoms with E-state index in [9.17, 15) is 0 Å². The summed E-state index contributed by atoms with van der Waals surface area (Å²) in [6.45, 7) is 6.50. The average molecular weight is 294 g/mol. The Bertz CT molecular complexity index is 465. The van der Waals surface area contributed by atoms with Crippen LogP contribution in [-0.2, 0) is 4.74 Å². The largest absolute Gasteiger partial charge is 0.497 e. The van der Waals surface area contributed by atoms with Crippen molar-refractivity contribution in [3.05, 3.63) is 23.8 Å². The summed E-state index contributed by atoms with van der Waals surface area (Å²) in [5.41, 5.74) is 7.02. The minimum Gasteiger partial charge on any atom is -0.497 e. The van der Waals surface area contributed by atoms with Gasteiger partial charge in [-0.25, -0.2) is 0 Å². The highest BCUT2D eigenvalue weighted by molar-refractivity contribution is 5.43. The van der Waals surface area contributed by atoms with Crippen molar-refractivity contribution in [1.29, 1.82) is 0 Å². The molecular weight excluding hydrogens is 268 g/mol. The molecule has 5 heteroatoms. The summed E-state index contributed by atoms with van der Waals surface area (Å²) in [6, 6.07) is 6.44. The Labute approximate surface area is 127 Å². The standard InChI is InChI=1S/C16H26N2O3/c1-11(2)18-7-8-21-15(10-17)16(18)13-6-5-12(19-3)9-14(13)20-4/h5-6,9,11,15-16H,7-8,10,17H2,1-4H3. The molecule has 2 unspecified atom stereocenters. The predicted octanol–water partition coefficient (Wildman–Crippen LogP) is 1.81. The Hall–Kier alpha value is -1.30. The highest BCUT2D eigenvalue weighted by Crippen LogP contribution is 2.37. The molecule has 1 aliphatic rings. The van der Waals surface area contributed by atoms with Crippen LogP contribution in [0.25, 0.3) is 0 Å². The van der Waals surface area contributed by atoms with Gasteiger partial charge in [0.15, 0.2) is 0 Å². The SMILES string of the molecule is COc1ccc(C2C(CN)OCCN2C(C)C)c(OC)c1. The summed E-state index contributed by atoms with van der Waals surface area (Å²) in [7, 11) is 3.33. The highest BCUT2D eigenvalue weighted by Gasteiger charge is 2.35.